The summed E-state index contributed by atoms with van der Waals surface area (Å²) in [6, 6.07) is 0. The molecule has 4 aliphatic rings. The Bertz CT molecular complexity index is 439. The van der Waals surface area contributed by atoms with Crippen LogP contribution < -0.4 is 5.32 Å². The van der Waals surface area contributed by atoms with Gasteiger partial charge in [0.2, 0.25) is 11.8 Å². The fourth-order valence-corrected chi connectivity index (χ4v) is 4.03. The van der Waals surface area contributed by atoms with Crippen LogP contribution in [0, 0.1) is 23.7 Å². The lowest BCUT2D eigenvalue weighted by Gasteiger charge is -2.41. The highest BCUT2D eigenvalue weighted by atomic mass is 16.2. The molecule has 1 aliphatic heterocycles. The van der Waals surface area contributed by atoms with E-state index in [2.05, 4.69) is 5.32 Å². The number of rotatable bonds is 5. The molecule has 4 heteroatoms. The van der Waals surface area contributed by atoms with Gasteiger partial charge in [-0.25, -0.2) is 0 Å². The molecule has 0 aromatic heterocycles. The first-order valence-corrected chi connectivity index (χ1v) is 8.18. The van der Waals surface area contributed by atoms with Crippen molar-refractivity contribution in [2.24, 2.45) is 23.7 Å². The van der Waals surface area contributed by atoms with Gasteiger partial charge in [0.1, 0.15) is 5.54 Å². The molecule has 0 aromatic carbocycles. The summed E-state index contributed by atoms with van der Waals surface area (Å²) in [6.45, 7) is 3.03. The smallest absolute Gasteiger partial charge is 0.248 e. The predicted octanol–water partition coefficient (Wildman–Crippen LogP) is 1.55. The minimum Gasteiger partial charge on any atom is -0.340 e. The van der Waals surface area contributed by atoms with E-state index in [1.165, 1.54) is 25.7 Å². The highest BCUT2D eigenvalue weighted by Crippen LogP contribution is 2.50. The zero-order valence-electron chi connectivity index (χ0n) is 12.2. The molecule has 4 nitrogen and oxygen atoms in total. The van der Waals surface area contributed by atoms with Crippen LogP contribution in [0.5, 0.6) is 0 Å². The van der Waals surface area contributed by atoms with E-state index < -0.39 is 5.54 Å². The van der Waals surface area contributed by atoms with Crippen LogP contribution in [0.3, 0.4) is 0 Å². The van der Waals surface area contributed by atoms with Crippen LogP contribution in [0.4, 0.5) is 0 Å². The lowest BCUT2D eigenvalue weighted by molar-refractivity contribution is -0.151. The Hall–Kier alpha value is -1.06. The number of nitrogens with zero attached hydrogens (tertiary/aromatic N) is 1. The summed E-state index contributed by atoms with van der Waals surface area (Å²) in [6.07, 6.45) is 7.46. The zero-order valence-corrected chi connectivity index (χ0v) is 12.2. The van der Waals surface area contributed by atoms with E-state index in [9.17, 15) is 9.59 Å². The average Bonchev–Trinajstić information content (AvgIpc) is 3.29. The Morgan fingerprint density at radius 1 is 1.15 bits per heavy atom. The molecule has 110 valence electrons. The second kappa shape index (κ2) is 4.22. The van der Waals surface area contributed by atoms with E-state index in [1.54, 1.807) is 0 Å². The van der Waals surface area contributed by atoms with Gasteiger partial charge in [-0.3, -0.25) is 9.59 Å². The molecule has 0 bridgehead atoms. The third-order valence-electron chi connectivity index (χ3n) is 5.75. The summed E-state index contributed by atoms with van der Waals surface area (Å²) >= 11 is 0. The topological polar surface area (TPSA) is 49.4 Å². The zero-order chi connectivity index (χ0) is 13.9. The van der Waals surface area contributed by atoms with Crippen molar-refractivity contribution in [1.82, 2.24) is 10.2 Å². The van der Waals surface area contributed by atoms with Gasteiger partial charge in [0.15, 0.2) is 0 Å². The summed E-state index contributed by atoms with van der Waals surface area (Å²) in [4.78, 5) is 26.7. The monoisotopic (exact) mass is 276 g/mol. The molecule has 1 unspecified atom stereocenters. The molecule has 4 rings (SSSR count). The van der Waals surface area contributed by atoms with Gasteiger partial charge in [-0.1, -0.05) is 0 Å². The van der Waals surface area contributed by atoms with Gasteiger partial charge in [-0.15, -0.1) is 0 Å². The highest BCUT2D eigenvalue weighted by molar-refractivity contribution is 5.98. The minimum absolute atomic E-state index is 0.0318. The van der Waals surface area contributed by atoms with Gasteiger partial charge in [0, 0.05) is 6.54 Å². The predicted molar refractivity (Wildman–Crippen MR) is 74.8 cm³/mol. The molecule has 3 saturated carbocycles. The first-order valence-electron chi connectivity index (χ1n) is 8.18. The molecule has 3 aliphatic carbocycles. The Morgan fingerprint density at radius 2 is 1.75 bits per heavy atom. The standard InChI is InChI=1S/C16H24N2O2/c1-16(12-6-7-12)15(20)18(9-14(19)17-16)8-13(10-2-3-10)11-4-5-11/h10-13H,2-9H2,1H3,(H,17,19). The fraction of sp³-hybridized carbons (Fsp3) is 0.875. The summed E-state index contributed by atoms with van der Waals surface area (Å²) in [5.74, 6) is 2.88. The lowest BCUT2D eigenvalue weighted by Crippen LogP contribution is -2.66. The quantitative estimate of drug-likeness (QED) is 0.828. The Kier molecular flexibility index (Phi) is 2.67. The Morgan fingerprint density at radius 3 is 2.25 bits per heavy atom. The SMILES string of the molecule is CC1(C2CC2)NC(=O)CN(CC(C2CC2)C2CC2)C1=O. The van der Waals surface area contributed by atoms with Crippen molar-refractivity contribution < 1.29 is 9.59 Å². The maximum absolute atomic E-state index is 12.8. The number of nitrogens with one attached hydrogen (secondary N) is 1. The van der Waals surface area contributed by atoms with Gasteiger partial charge in [-0.2, -0.15) is 0 Å². The Balaban J connectivity index is 1.50. The van der Waals surface area contributed by atoms with Crippen LogP contribution in [0.25, 0.3) is 0 Å². The van der Waals surface area contributed by atoms with Gasteiger partial charge < -0.3 is 10.2 Å². The summed E-state index contributed by atoms with van der Waals surface area (Å²) in [5, 5.41) is 2.97. The summed E-state index contributed by atoms with van der Waals surface area (Å²) < 4.78 is 0. The number of amides is 2. The molecule has 20 heavy (non-hydrogen) atoms. The van der Waals surface area contributed by atoms with Crippen LogP contribution in [0.15, 0.2) is 0 Å². The van der Waals surface area contributed by atoms with Crippen LogP contribution in [0.1, 0.15) is 45.4 Å². The van der Waals surface area contributed by atoms with Crippen molar-refractivity contribution in [3.05, 3.63) is 0 Å². The second-order valence-corrected chi connectivity index (χ2v) is 7.55. The second-order valence-electron chi connectivity index (χ2n) is 7.55. The number of piperazine rings is 1. The van der Waals surface area contributed by atoms with E-state index >= 15 is 0 Å². The van der Waals surface area contributed by atoms with Crippen LogP contribution >= 0.6 is 0 Å². The Labute approximate surface area is 120 Å². The van der Waals surface area contributed by atoms with Crippen molar-refractivity contribution in [3.8, 4) is 0 Å². The van der Waals surface area contributed by atoms with E-state index in [-0.39, 0.29) is 18.4 Å². The maximum atomic E-state index is 12.8. The summed E-state index contributed by atoms with van der Waals surface area (Å²) in [5.41, 5.74) is -0.618. The van der Waals surface area contributed by atoms with E-state index in [0.717, 1.165) is 31.2 Å². The molecule has 1 saturated heterocycles. The van der Waals surface area contributed by atoms with Crippen molar-refractivity contribution in [1.29, 1.82) is 0 Å². The van der Waals surface area contributed by atoms with Gasteiger partial charge >= 0.3 is 0 Å². The van der Waals surface area contributed by atoms with E-state index in [0.29, 0.717) is 11.8 Å². The van der Waals surface area contributed by atoms with Crippen molar-refractivity contribution in [2.45, 2.75) is 51.0 Å². The van der Waals surface area contributed by atoms with Gasteiger partial charge in [-0.05, 0) is 69.1 Å². The largest absolute Gasteiger partial charge is 0.340 e. The van der Waals surface area contributed by atoms with Crippen LogP contribution in [-0.4, -0.2) is 35.3 Å². The van der Waals surface area contributed by atoms with Crippen molar-refractivity contribution in [2.75, 3.05) is 13.1 Å². The third kappa shape index (κ3) is 2.13. The number of carbonyl (C=O) groups excluding carboxylic acids is 2. The highest BCUT2D eigenvalue weighted by Gasteiger charge is 2.53. The molecule has 1 N–H and O–H groups in total. The van der Waals surface area contributed by atoms with Crippen LogP contribution in [0.2, 0.25) is 0 Å². The molecular weight excluding hydrogens is 252 g/mol. The first kappa shape index (κ1) is 12.7. The number of hydrogen-bond donors (Lipinski definition) is 1. The molecular formula is C16H24N2O2. The van der Waals surface area contributed by atoms with E-state index in [4.69, 9.17) is 0 Å². The average molecular weight is 276 g/mol. The van der Waals surface area contributed by atoms with Crippen molar-refractivity contribution in [3.63, 3.8) is 0 Å². The molecule has 1 atom stereocenters. The minimum atomic E-state index is -0.618. The maximum Gasteiger partial charge on any atom is 0.248 e. The molecule has 0 spiro atoms. The molecule has 0 aromatic rings. The lowest BCUT2D eigenvalue weighted by atomic mass is 9.89. The van der Waals surface area contributed by atoms with E-state index in [1.807, 2.05) is 11.8 Å². The normalized spacial score (nSPS) is 34.6. The molecule has 2 amide bonds. The van der Waals surface area contributed by atoms with Gasteiger partial charge in [0.05, 0.1) is 6.54 Å². The first-order chi connectivity index (χ1) is 9.58. The molecule has 1 heterocycles. The number of carbonyl (C=O) groups is 2. The summed E-state index contributed by atoms with van der Waals surface area (Å²) in [7, 11) is 0. The fourth-order valence-electron chi connectivity index (χ4n) is 4.03. The van der Waals surface area contributed by atoms with Crippen LogP contribution in [-0.2, 0) is 9.59 Å². The van der Waals surface area contributed by atoms with Crippen molar-refractivity contribution >= 4 is 11.8 Å². The number of hydrogen-bond acceptors (Lipinski definition) is 2. The third-order valence-corrected chi connectivity index (χ3v) is 5.75. The van der Waals surface area contributed by atoms with Gasteiger partial charge in [0.25, 0.3) is 0 Å². The molecule has 0 radical (unpaired) electrons. The molecule has 4 fully saturated rings.